The summed E-state index contributed by atoms with van der Waals surface area (Å²) in [6.07, 6.45) is -4.45. The maximum absolute atomic E-state index is 12.9. The van der Waals surface area contributed by atoms with Gasteiger partial charge in [-0.15, -0.1) is 4.48 Å². The Morgan fingerprint density at radius 3 is 1.29 bits per heavy atom. The highest BCUT2D eigenvalue weighted by molar-refractivity contribution is 5.54. The molecule has 1 atom stereocenters. The largest absolute Gasteiger partial charge is 0.451 e. The molecule has 2 rings (SSSR count). The van der Waals surface area contributed by atoms with Crippen LogP contribution >= 0.6 is 0 Å². The van der Waals surface area contributed by atoms with E-state index in [1.807, 2.05) is 0 Å². The fraction of sp³-hybridized carbons (Fsp3) is 0.143. The van der Waals surface area contributed by atoms with E-state index in [1.165, 1.54) is 0 Å². The number of anilines is 1. The Morgan fingerprint density at radius 1 is 0.706 bits per heavy atom. The highest BCUT2D eigenvalue weighted by Gasteiger charge is 2.70. The van der Waals surface area contributed by atoms with Crippen molar-refractivity contribution < 1.29 is 35.2 Å². The van der Waals surface area contributed by atoms with Crippen molar-refractivity contribution in [2.75, 3.05) is 5.01 Å². The van der Waals surface area contributed by atoms with E-state index in [4.69, 9.17) is 0 Å². The van der Waals surface area contributed by atoms with Gasteiger partial charge < -0.3 is 0 Å². The predicted molar refractivity (Wildman–Crippen MR) is 36.6 cm³/mol. The molecule has 0 spiro atoms. The van der Waals surface area contributed by atoms with Crippen molar-refractivity contribution in [3.05, 3.63) is 29.1 Å². The van der Waals surface area contributed by atoms with E-state index < -0.39 is 51.2 Å². The van der Waals surface area contributed by atoms with E-state index in [1.54, 1.807) is 0 Å². The van der Waals surface area contributed by atoms with Gasteiger partial charge in [-0.25, -0.2) is 22.0 Å². The zero-order valence-electron chi connectivity index (χ0n) is 7.42. The number of halogens is 8. The van der Waals surface area contributed by atoms with E-state index in [-0.39, 0.29) is 0 Å². The molecule has 2 nitrogen and oxygen atoms in total. The summed E-state index contributed by atoms with van der Waals surface area (Å²) in [6.45, 7) is 0. The topological polar surface area (TPSA) is 6.02 Å². The van der Waals surface area contributed by atoms with Crippen molar-refractivity contribution >= 4 is 5.69 Å². The molecule has 1 fully saturated rings. The maximum atomic E-state index is 12.9. The van der Waals surface area contributed by atoms with Crippen molar-refractivity contribution in [2.45, 2.75) is 6.17 Å². The van der Waals surface area contributed by atoms with E-state index >= 15 is 0 Å². The molecule has 0 saturated carbocycles. The zero-order valence-corrected chi connectivity index (χ0v) is 7.42. The Hall–Kier alpha value is -1.58. The molecule has 10 heteroatoms. The Kier molecular flexibility index (Phi) is 2.25. The van der Waals surface area contributed by atoms with Gasteiger partial charge >= 0.3 is 6.17 Å². The van der Waals surface area contributed by atoms with Crippen LogP contribution in [0.25, 0.3) is 0 Å². The Bertz CT molecular complexity index is 472. The van der Waals surface area contributed by atoms with Gasteiger partial charge in [0.2, 0.25) is 5.82 Å². The molecular weight excluding hydrogens is 264 g/mol. The summed E-state index contributed by atoms with van der Waals surface area (Å²) in [5.41, 5.74) is -2.05. The van der Waals surface area contributed by atoms with Crippen LogP contribution in [0.1, 0.15) is 0 Å². The van der Waals surface area contributed by atoms with Crippen LogP contribution in [-0.2, 0) is 0 Å². The van der Waals surface area contributed by atoms with Gasteiger partial charge in [-0.1, -0.05) is 0 Å². The minimum Gasteiger partial charge on any atom is -0.201 e. The summed E-state index contributed by atoms with van der Waals surface area (Å²) >= 11 is 0. The molecule has 0 radical (unpaired) electrons. The smallest absolute Gasteiger partial charge is 0.201 e. The number of hydrogen-bond acceptors (Lipinski definition) is 2. The zero-order chi connectivity index (χ0) is 13.1. The minimum absolute atomic E-state index is 0.997. The molecule has 1 saturated heterocycles. The molecule has 0 N–H and O–H groups in total. The second kappa shape index (κ2) is 3.22. The third kappa shape index (κ3) is 1.36. The van der Waals surface area contributed by atoms with Crippen LogP contribution < -0.4 is 5.01 Å². The van der Waals surface area contributed by atoms with E-state index in [9.17, 15) is 35.2 Å². The molecule has 1 heterocycles. The lowest BCUT2D eigenvalue weighted by Crippen LogP contribution is -2.12. The van der Waals surface area contributed by atoms with Crippen molar-refractivity contribution in [1.82, 2.24) is 5.23 Å². The normalized spacial score (nSPS) is 21.9. The van der Waals surface area contributed by atoms with Gasteiger partial charge in [0.1, 0.15) is 5.69 Å². The molecule has 17 heavy (non-hydrogen) atoms. The van der Waals surface area contributed by atoms with Crippen molar-refractivity contribution in [3.63, 3.8) is 0 Å². The van der Waals surface area contributed by atoms with Crippen LogP contribution in [0.5, 0.6) is 0 Å². The number of nitrogens with zero attached hydrogens (tertiary/aromatic N) is 2. The number of rotatable bonds is 1. The third-order valence-electron chi connectivity index (χ3n) is 2.01. The van der Waals surface area contributed by atoms with Gasteiger partial charge in [-0.05, 0) is 0 Å². The molecule has 0 bridgehead atoms. The van der Waals surface area contributed by atoms with Gasteiger partial charge in [0.25, 0.3) is 0 Å². The fourth-order valence-corrected chi connectivity index (χ4v) is 1.16. The minimum atomic E-state index is -4.45. The molecule has 0 amide bonds. The second-order valence-corrected chi connectivity index (χ2v) is 3.00. The molecule has 0 aromatic heterocycles. The third-order valence-corrected chi connectivity index (χ3v) is 2.01. The average molecular weight is 264 g/mol. The first-order valence-corrected chi connectivity index (χ1v) is 3.86. The summed E-state index contributed by atoms with van der Waals surface area (Å²) in [5.74, 6) is -12.5. The first-order chi connectivity index (χ1) is 7.71. The molecule has 1 aliphatic heterocycles. The van der Waals surface area contributed by atoms with Gasteiger partial charge in [-0.2, -0.15) is 13.8 Å². The van der Waals surface area contributed by atoms with Crippen LogP contribution in [0.4, 0.5) is 40.9 Å². The van der Waals surface area contributed by atoms with Gasteiger partial charge in [0, 0.05) is 5.23 Å². The highest BCUT2D eigenvalue weighted by atomic mass is 19.3. The second-order valence-electron chi connectivity index (χ2n) is 3.00. The standard InChI is InChI=1S/C7F8N2/c8-1-2(9)4(11)6(5(12)3(1)10)16-7(13,14)17(16)15. The predicted octanol–water partition coefficient (Wildman–Crippen LogP) is 2.85. The highest BCUT2D eigenvalue weighted by Crippen LogP contribution is 2.49. The summed E-state index contributed by atoms with van der Waals surface area (Å²) < 4.78 is 101. The van der Waals surface area contributed by atoms with Crippen LogP contribution in [-0.4, -0.2) is 11.4 Å². The fourth-order valence-electron chi connectivity index (χ4n) is 1.16. The first kappa shape index (κ1) is 11.9. The summed E-state index contributed by atoms with van der Waals surface area (Å²) in [5, 5.41) is -2.46. The van der Waals surface area contributed by atoms with Crippen molar-refractivity contribution in [2.24, 2.45) is 0 Å². The number of benzene rings is 1. The quantitative estimate of drug-likeness (QED) is 0.192. The summed E-state index contributed by atoms with van der Waals surface area (Å²) in [6, 6.07) is 0. The van der Waals surface area contributed by atoms with Crippen LogP contribution in [0.2, 0.25) is 0 Å². The number of alkyl halides is 2. The molecule has 1 aromatic rings. The monoisotopic (exact) mass is 264 g/mol. The molecular formula is C7F8N2. The summed E-state index contributed by atoms with van der Waals surface area (Å²) in [4.78, 5) is 0. The van der Waals surface area contributed by atoms with E-state index in [0.717, 1.165) is 0 Å². The van der Waals surface area contributed by atoms with Crippen LogP contribution in [0.15, 0.2) is 0 Å². The van der Waals surface area contributed by atoms with E-state index in [0.29, 0.717) is 0 Å². The molecule has 94 valence electrons. The Balaban J connectivity index is 2.65. The molecule has 1 aromatic carbocycles. The van der Waals surface area contributed by atoms with Crippen LogP contribution in [0.3, 0.4) is 0 Å². The van der Waals surface area contributed by atoms with Crippen molar-refractivity contribution in [1.29, 1.82) is 0 Å². The number of hydrazine groups is 1. The SMILES string of the molecule is Fc1c(F)c(F)c(N2N(F)C2(F)F)c(F)c1F. The van der Waals surface area contributed by atoms with Gasteiger partial charge in [0.15, 0.2) is 23.3 Å². The van der Waals surface area contributed by atoms with Crippen molar-refractivity contribution in [3.8, 4) is 0 Å². The number of hydrogen-bond donors (Lipinski definition) is 0. The molecule has 1 aliphatic rings. The van der Waals surface area contributed by atoms with Gasteiger partial charge in [-0.3, -0.25) is 0 Å². The lowest BCUT2D eigenvalue weighted by Gasteiger charge is -2.07. The maximum Gasteiger partial charge on any atom is 0.451 e. The van der Waals surface area contributed by atoms with Gasteiger partial charge in [0.05, 0.1) is 0 Å². The Morgan fingerprint density at radius 2 is 1.00 bits per heavy atom. The first-order valence-electron chi connectivity index (χ1n) is 3.86. The lowest BCUT2D eigenvalue weighted by molar-refractivity contribution is -0.0306. The van der Waals surface area contributed by atoms with E-state index in [2.05, 4.69) is 0 Å². The lowest BCUT2D eigenvalue weighted by atomic mass is 10.2. The average Bonchev–Trinajstić information content (AvgIpc) is 2.75. The molecule has 1 unspecified atom stereocenters. The van der Waals surface area contributed by atoms with Crippen LogP contribution in [0, 0.1) is 29.1 Å². The summed E-state index contributed by atoms with van der Waals surface area (Å²) in [7, 11) is 0. The Labute approximate surface area is 87.5 Å². The molecule has 0 aliphatic carbocycles.